The minimum absolute atomic E-state index is 0.171. The Morgan fingerprint density at radius 3 is 2.22 bits per heavy atom. The van der Waals surface area contributed by atoms with Gasteiger partial charge in [0.05, 0.1) is 16.6 Å². The first-order valence-corrected chi connectivity index (χ1v) is 6.84. The highest BCUT2D eigenvalue weighted by Crippen LogP contribution is 2.25. The smallest absolute Gasteiger partial charge is 0.337 e. The molecule has 0 radical (unpaired) electrons. The number of carboxylic acid groups (broad SMARTS) is 1. The number of rotatable bonds is 4. The third kappa shape index (κ3) is 2.48. The summed E-state index contributed by atoms with van der Waals surface area (Å²) in [5.74, 6) is -1.81. The number of carbonyl (C=O) groups excluding carboxylic acids is 2. The molecule has 3 aromatic rings. The third-order valence-corrected chi connectivity index (χ3v) is 3.51. The van der Waals surface area contributed by atoms with E-state index >= 15 is 0 Å². The van der Waals surface area contributed by atoms with Crippen LogP contribution in [0, 0.1) is 0 Å². The van der Waals surface area contributed by atoms with E-state index in [2.05, 4.69) is 4.98 Å². The van der Waals surface area contributed by atoms with Crippen LogP contribution in [0.25, 0.3) is 10.9 Å². The molecular weight excluding hydrogens is 294 g/mol. The molecule has 23 heavy (non-hydrogen) atoms. The van der Waals surface area contributed by atoms with E-state index in [1.165, 1.54) is 0 Å². The quantitative estimate of drug-likeness (QED) is 0.591. The Kier molecular flexibility index (Phi) is 3.68. The molecule has 2 aromatic carbocycles. The number of hydrogen-bond donors (Lipinski definition) is 1. The Morgan fingerprint density at radius 1 is 0.913 bits per heavy atom. The van der Waals surface area contributed by atoms with Crippen LogP contribution in [0.3, 0.4) is 0 Å². The van der Waals surface area contributed by atoms with Gasteiger partial charge in [0.2, 0.25) is 0 Å². The van der Waals surface area contributed by atoms with E-state index in [1.807, 2.05) is 0 Å². The molecule has 0 bridgehead atoms. The van der Waals surface area contributed by atoms with Gasteiger partial charge in [0.25, 0.3) is 0 Å². The van der Waals surface area contributed by atoms with E-state index in [1.54, 1.807) is 54.6 Å². The van der Waals surface area contributed by atoms with E-state index in [0.29, 0.717) is 22.8 Å². The molecule has 0 saturated carbocycles. The summed E-state index contributed by atoms with van der Waals surface area (Å²) in [5.41, 5.74) is 0.102. The molecule has 0 fully saturated rings. The second-order valence-electron chi connectivity index (χ2n) is 4.88. The molecule has 112 valence electrons. The fourth-order valence-electron chi connectivity index (χ4n) is 2.50. The van der Waals surface area contributed by atoms with Gasteiger partial charge in [0, 0.05) is 10.9 Å². The van der Waals surface area contributed by atoms with Crippen molar-refractivity contribution < 1.29 is 19.5 Å². The van der Waals surface area contributed by atoms with Crippen molar-refractivity contribution in [1.29, 1.82) is 0 Å². The lowest BCUT2D eigenvalue weighted by Gasteiger charge is -2.11. The van der Waals surface area contributed by atoms with Crippen molar-refractivity contribution in [3.8, 4) is 0 Å². The fraction of sp³-hybridized carbons (Fsp3) is 0. The molecule has 0 saturated heterocycles. The second kappa shape index (κ2) is 5.81. The van der Waals surface area contributed by atoms with Crippen molar-refractivity contribution in [3.05, 3.63) is 77.0 Å². The summed E-state index contributed by atoms with van der Waals surface area (Å²) in [6.07, 6.45) is 0.412. The van der Waals surface area contributed by atoms with Crippen LogP contribution in [-0.2, 0) is 0 Å². The third-order valence-electron chi connectivity index (χ3n) is 3.51. The summed E-state index contributed by atoms with van der Waals surface area (Å²) in [6.45, 7) is 0. The van der Waals surface area contributed by atoms with Crippen LogP contribution in [0.2, 0.25) is 0 Å². The molecule has 0 amide bonds. The second-order valence-corrected chi connectivity index (χ2v) is 4.88. The highest BCUT2D eigenvalue weighted by molar-refractivity contribution is 6.21. The van der Waals surface area contributed by atoms with E-state index in [4.69, 9.17) is 0 Å². The summed E-state index contributed by atoms with van der Waals surface area (Å²) < 4.78 is 0. The van der Waals surface area contributed by atoms with Gasteiger partial charge in [0.1, 0.15) is 5.69 Å². The zero-order valence-corrected chi connectivity index (χ0v) is 11.9. The molecule has 0 unspecified atom stereocenters. The predicted octanol–water partition coefficient (Wildman–Crippen LogP) is 2.98. The van der Waals surface area contributed by atoms with Gasteiger partial charge < -0.3 is 5.11 Å². The largest absolute Gasteiger partial charge is 0.478 e. The summed E-state index contributed by atoms with van der Waals surface area (Å²) in [7, 11) is 0. The van der Waals surface area contributed by atoms with Crippen molar-refractivity contribution in [3.63, 3.8) is 0 Å². The van der Waals surface area contributed by atoms with Crippen LogP contribution in [0.15, 0.2) is 54.6 Å². The molecule has 0 aliphatic rings. The van der Waals surface area contributed by atoms with Gasteiger partial charge in [-0.25, -0.2) is 9.78 Å². The van der Waals surface area contributed by atoms with Crippen LogP contribution >= 0.6 is 0 Å². The van der Waals surface area contributed by atoms with Gasteiger partial charge in [-0.3, -0.25) is 9.59 Å². The zero-order valence-electron chi connectivity index (χ0n) is 11.9. The molecular formula is C18H11NO4. The number of carbonyl (C=O) groups is 3. The lowest BCUT2D eigenvalue weighted by molar-refractivity contribution is 0.0695. The number of nitrogens with zero attached hydrogens (tertiary/aromatic N) is 1. The molecule has 1 aromatic heterocycles. The first-order valence-electron chi connectivity index (χ1n) is 6.84. The van der Waals surface area contributed by atoms with E-state index in [9.17, 15) is 19.5 Å². The van der Waals surface area contributed by atoms with Gasteiger partial charge in [-0.1, -0.05) is 48.5 Å². The first kappa shape index (κ1) is 14.6. The van der Waals surface area contributed by atoms with Crippen LogP contribution in [0.5, 0.6) is 0 Å². The maximum absolute atomic E-state index is 12.7. The summed E-state index contributed by atoms with van der Waals surface area (Å²) in [4.78, 5) is 40.0. The zero-order chi connectivity index (χ0) is 16.4. The van der Waals surface area contributed by atoms with E-state index in [0.717, 1.165) is 0 Å². The predicted molar refractivity (Wildman–Crippen MR) is 84.0 cm³/mol. The minimum atomic E-state index is -1.27. The van der Waals surface area contributed by atoms with E-state index in [-0.39, 0.29) is 16.8 Å². The first-order chi connectivity index (χ1) is 11.1. The average molecular weight is 305 g/mol. The highest BCUT2D eigenvalue weighted by atomic mass is 16.4. The van der Waals surface area contributed by atoms with Crippen molar-refractivity contribution in [1.82, 2.24) is 4.98 Å². The Morgan fingerprint density at radius 2 is 1.57 bits per heavy atom. The number of aromatic carboxylic acids is 1. The van der Waals surface area contributed by atoms with Gasteiger partial charge in [-0.15, -0.1) is 0 Å². The van der Waals surface area contributed by atoms with E-state index < -0.39 is 11.8 Å². The van der Waals surface area contributed by atoms with Crippen LogP contribution in [0.4, 0.5) is 0 Å². The number of fused-ring (bicyclic) bond motifs is 1. The Bertz CT molecular complexity index is 932. The molecule has 5 nitrogen and oxygen atoms in total. The fourth-order valence-corrected chi connectivity index (χ4v) is 2.50. The molecule has 0 aliphatic carbocycles. The molecule has 1 N–H and O–H groups in total. The number of aldehydes is 1. The number of benzene rings is 2. The van der Waals surface area contributed by atoms with Crippen molar-refractivity contribution in [2.45, 2.75) is 0 Å². The van der Waals surface area contributed by atoms with Gasteiger partial charge in [-0.05, 0) is 6.07 Å². The Labute approximate surface area is 131 Å². The van der Waals surface area contributed by atoms with Crippen molar-refractivity contribution >= 4 is 28.9 Å². The molecule has 3 rings (SSSR count). The Hall–Kier alpha value is -3.34. The number of hydrogen-bond acceptors (Lipinski definition) is 4. The standard InChI is InChI=1S/C18H11NO4/c20-10-14-16(17(21)11-6-2-1-3-7-11)15(18(22)23)12-8-4-5-9-13(12)19-14/h1-10H,(H,22,23). The van der Waals surface area contributed by atoms with Gasteiger partial charge in [0.15, 0.2) is 12.1 Å². The highest BCUT2D eigenvalue weighted by Gasteiger charge is 2.25. The topological polar surface area (TPSA) is 84.3 Å². The maximum Gasteiger partial charge on any atom is 0.337 e. The lowest BCUT2D eigenvalue weighted by Crippen LogP contribution is -2.15. The number of pyridine rings is 1. The molecule has 0 spiro atoms. The SMILES string of the molecule is O=Cc1nc2ccccc2c(C(=O)O)c1C(=O)c1ccccc1. The normalized spacial score (nSPS) is 10.4. The number of ketones is 1. The summed E-state index contributed by atoms with van der Waals surface area (Å²) in [6, 6.07) is 14.7. The number of aromatic nitrogens is 1. The Balaban J connectivity index is 2.39. The van der Waals surface area contributed by atoms with Gasteiger partial charge in [-0.2, -0.15) is 0 Å². The van der Waals surface area contributed by atoms with Crippen LogP contribution in [0.1, 0.15) is 36.8 Å². The monoisotopic (exact) mass is 305 g/mol. The minimum Gasteiger partial charge on any atom is -0.478 e. The van der Waals surface area contributed by atoms with Crippen LogP contribution < -0.4 is 0 Å². The summed E-state index contributed by atoms with van der Waals surface area (Å²) in [5, 5.41) is 9.91. The van der Waals surface area contributed by atoms with Crippen LogP contribution in [-0.4, -0.2) is 28.1 Å². The summed E-state index contributed by atoms with van der Waals surface area (Å²) >= 11 is 0. The number of carboxylic acids is 1. The van der Waals surface area contributed by atoms with Gasteiger partial charge >= 0.3 is 5.97 Å². The maximum atomic E-state index is 12.7. The average Bonchev–Trinajstić information content (AvgIpc) is 2.59. The molecule has 0 atom stereocenters. The number of para-hydroxylation sites is 1. The van der Waals surface area contributed by atoms with Crippen molar-refractivity contribution in [2.24, 2.45) is 0 Å². The van der Waals surface area contributed by atoms with Crippen molar-refractivity contribution in [2.75, 3.05) is 0 Å². The molecule has 0 aliphatic heterocycles. The molecule has 1 heterocycles. The lowest BCUT2D eigenvalue weighted by atomic mass is 9.94. The molecule has 5 heteroatoms.